The van der Waals surface area contributed by atoms with Gasteiger partial charge in [0.25, 0.3) is 5.91 Å². The number of pyridine rings is 1. The zero-order valence-electron chi connectivity index (χ0n) is 15.4. The number of carbonyl (C=O) groups is 1. The van der Waals surface area contributed by atoms with Gasteiger partial charge in [0.15, 0.2) is 0 Å². The minimum Gasteiger partial charge on any atom is -0.490 e. The molecule has 1 aromatic carbocycles. The Balaban J connectivity index is 1.60. The van der Waals surface area contributed by atoms with Crippen molar-refractivity contribution >= 4 is 27.7 Å². The fourth-order valence-electron chi connectivity index (χ4n) is 2.99. The fraction of sp³-hybridized carbons (Fsp3) is 0.400. The van der Waals surface area contributed by atoms with Crippen molar-refractivity contribution in [2.45, 2.75) is 6.92 Å². The zero-order valence-corrected chi connectivity index (χ0v) is 17.0. The maximum absolute atomic E-state index is 13.0. The summed E-state index contributed by atoms with van der Waals surface area (Å²) in [5.74, 6) is 1.55. The summed E-state index contributed by atoms with van der Waals surface area (Å²) in [7, 11) is 0. The summed E-state index contributed by atoms with van der Waals surface area (Å²) < 4.78 is 12.0. The van der Waals surface area contributed by atoms with Crippen molar-refractivity contribution < 1.29 is 14.3 Å². The Bertz CT molecular complexity index is 746. The van der Waals surface area contributed by atoms with Gasteiger partial charge in [0.2, 0.25) is 0 Å². The van der Waals surface area contributed by atoms with Crippen LogP contribution < -0.4 is 9.64 Å². The number of aromatic nitrogens is 1. The summed E-state index contributed by atoms with van der Waals surface area (Å²) in [5.41, 5.74) is 0.601. The van der Waals surface area contributed by atoms with E-state index in [-0.39, 0.29) is 5.91 Å². The predicted octanol–water partition coefficient (Wildman–Crippen LogP) is 3.22. The molecular formula is C20H24BrN3O3. The Hall–Kier alpha value is -2.12. The number of anilines is 1. The van der Waals surface area contributed by atoms with Crippen molar-refractivity contribution in [3.05, 3.63) is 52.6 Å². The largest absolute Gasteiger partial charge is 0.490 e. The van der Waals surface area contributed by atoms with Crippen LogP contribution in [0.3, 0.4) is 0 Å². The number of carbonyl (C=O) groups excluding carboxylic acids is 1. The summed E-state index contributed by atoms with van der Waals surface area (Å²) in [6.45, 7) is 6.37. The molecule has 0 spiro atoms. The summed E-state index contributed by atoms with van der Waals surface area (Å²) in [5, 5.41) is 0. The van der Waals surface area contributed by atoms with Crippen LogP contribution in [0.4, 0.5) is 5.82 Å². The highest BCUT2D eigenvalue weighted by atomic mass is 79.9. The molecule has 1 amide bonds. The van der Waals surface area contributed by atoms with Gasteiger partial charge in [-0.2, -0.15) is 0 Å². The second kappa shape index (κ2) is 9.71. The first-order valence-corrected chi connectivity index (χ1v) is 9.93. The minimum absolute atomic E-state index is 0.00502. The number of hydrogen-bond acceptors (Lipinski definition) is 5. The summed E-state index contributed by atoms with van der Waals surface area (Å²) >= 11 is 3.40. The number of hydrogen-bond donors (Lipinski definition) is 0. The van der Waals surface area contributed by atoms with Crippen molar-refractivity contribution in [1.29, 1.82) is 0 Å². The van der Waals surface area contributed by atoms with Gasteiger partial charge in [-0.05, 0) is 47.1 Å². The summed E-state index contributed by atoms with van der Waals surface area (Å²) in [4.78, 5) is 21.5. The first-order chi connectivity index (χ1) is 13.2. The van der Waals surface area contributed by atoms with Crippen molar-refractivity contribution in [1.82, 2.24) is 9.88 Å². The lowest BCUT2D eigenvalue weighted by molar-refractivity contribution is 0.0736. The van der Waals surface area contributed by atoms with Crippen molar-refractivity contribution in [3.8, 4) is 5.75 Å². The van der Waals surface area contributed by atoms with Crippen LogP contribution in [0.5, 0.6) is 5.75 Å². The van der Waals surface area contributed by atoms with Gasteiger partial charge in [0.1, 0.15) is 18.2 Å². The Kier molecular flexibility index (Phi) is 7.06. The van der Waals surface area contributed by atoms with Gasteiger partial charge >= 0.3 is 0 Å². The molecule has 1 aliphatic rings. The molecule has 144 valence electrons. The van der Waals surface area contributed by atoms with Gasteiger partial charge < -0.3 is 19.3 Å². The molecule has 0 atom stereocenters. The van der Waals surface area contributed by atoms with E-state index in [0.717, 1.165) is 23.4 Å². The third-order valence-corrected chi connectivity index (χ3v) is 4.88. The van der Waals surface area contributed by atoms with Gasteiger partial charge in [-0.25, -0.2) is 4.98 Å². The molecule has 27 heavy (non-hydrogen) atoms. The van der Waals surface area contributed by atoms with Crippen LogP contribution in [-0.2, 0) is 4.74 Å². The molecule has 7 heteroatoms. The SMILES string of the molecule is CCOCCOc1ccccc1C(=O)N1CCN(c2ccc(Br)cn2)CC1. The van der Waals surface area contributed by atoms with Gasteiger partial charge in [-0.1, -0.05) is 12.1 Å². The average molecular weight is 434 g/mol. The van der Waals surface area contributed by atoms with Crippen molar-refractivity contribution in [2.75, 3.05) is 50.9 Å². The predicted molar refractivity (Wildman–Crippen MR) is 108 cm³/mol. The quantitative estimate of drug-likeness (QED) is 0.627. The van der Waals surface area contributed by atoms with Crippen molar-refractivity contribution in [2.24, 2.45) is 0 Å². The number of halogens is 1. The highest BCUT2D eigenvalue weighted by Crippen LogP contribution is 2.22. The van der Waals surface area contributed by atoms with Crippen molar-refractivity contribution in [3.63, 3.8) is 0 Å². The summed E-state index contributed by atoms with van der Waals surface area (Å²) in [6.07, 6.45) is 1.79. The third kappa shape index (κ3) is 5.20. The average Bonchev–Trinajstić information content (AvgIpc) is 2.72. The Labute approximate surface area is 168 Å². The topological polar surface area (TPSA) is 54.9 Å². The van der Waals surface area contributed by atoms with E-state index in [9.17, 15) is 4.79 Å². The maximum atomic E-state index is 13.0. The van der Waals surface area contributed by atoms with E-state index in [1.165, 1.54) is 0 Å². The maximum Gasteiger partial charge on any atom is 0.257 e. The molecule has 6 nitrogen and oxygen atoms in total. The monoisotopic (exact) mass is 433 g/mol. The second-order valence-electron chi connectivity index (χ2n) is 6.16. The number of amides is 1. The molecule has 1 fully saturated rings. The normalized spacial score (nSPS) is 14.3. The molecule has 0 unspecified atom stereocenters. The highest BCUT2D eigenvalue weighted by molar-refractivity contribution is 9.10. The molecule has 0 bridgehead atoms. The molecule has 1 saturated heterocycles. The van der Waals surface area contributed by atoms with Crippen LogP contribution in [0.25, 0.3) is 0 Å². The van der Waals surface area contributed by atoms with Crippen LogP contribution in [-0.4, -0.2) is 61.8 Å². The molecule has 2 heterocycles. The Morgan fingerprint density at radius 2 is 1.89 bits per heavy atom. The molecule has 0 aliphatic carbocycles. The third-order valence-electron chi connectivity index (χ3n) is 4.41. The lowest BCUT2D eigenvalue weighted by Gasteiger charge is -2.35. The first-order valence-electron chi connectivity index (χ1n) is 9.14. The minimum atomic E-state index is 0.00502. The van der Waals surface area contributed by atoms with Crippen LogP contribution in [0.2, 0.25) is 0 Å². The molecule has 0 radical (unpaired) electrons. The molecule has 2 aromatic rings. The zero-order chi connectivity index (χ0) is 19.1. The van der Waals surface area contributed by atoms with Gasteiger partial charge in [0.05, 0.1) is 12.2 Å². The van der Waals surface area contributed by atoms with Gasteiger partial charge in [-0.3, -0.25) is 4.79 Å². The molecular weight excluding hydrogens is 410 g/mol. The van der Waals surface area contributed by atoms with Gasteiger partial charge in [-0.15, -0.1) is 0 Å². The molecule has 0 saturated carbocycles. The van der Waals surface area contributed by atoms with E-state index in [0.29, 0.717) is 44.2 Å². The van der Waals surface area contributed by atoms with Crippen LogP contribution >= 0.6 is 15.9 Å². The fourth-order valence-corrected chi connectivity index (χ4v) is 3.22. The number of para-hydroxylation sites is 1. The number of benzene rings is 1. The van der Waals surface area contributed by atoms with E-state index in [1.807, 2.05) is 48.2 Å². The van der Waals surface area contributed by atoms with Crippen LogP contribution in [0.15, 0.2) is 47.1 Å². The lowest BCUT2D eigenvalue weighted by Crippen LogP contribution is -2.49. The number of rotatable bonds is 7. The molecule has 1 aliphatic heterocycles. The van der Waals surface area contributed by atoms with Crippen LogP contribution in [0, 0.1) is 0 Å². The number of nitrogens with zero attached hydrogens (tertiary/aromatic N) is 3. The van der Waals surface area contributed by atoms with E-state index >= 15 is 0 Å². The van der Waals surface area contributed by atoms with E-state index < -0.39 is 0 Å². The Morgan fingerprint density at radius 1 is 1.11 bits per heavy atom. The smallest absolute Gasteiger partial charge is 0.257 e. The van der Waals surface area contributed by atoms with E-state index in [2.05, 4.69) is 25.8 Å². The number of ether oxygens (including phenoxy) is 2. The second-order valence-corrected chi connectivity index (χ2v) is 7.07. The van der Waals surface area contributed by atoms with E-state index in [1.54, 1.807) is 6.20 Å². The molecule has 0 N–H and O–H groups in total. The van der Waals surface area contributed by atoms with Crippen LogP contribution in [0.1, 0.15) is 17.3 Å². The number of piperazine rings is 1. The summed E-state index contributed by atoms with van der Waals surface area (Å²) in [6, 6.07) is 11.4. The molecule has 1 aromatic heterocycles. The lowest BCUT2D eigenvalue weighted by atomic mass is 10.1. The van der Waals surface area contributed by atoms with Gasteiger partial charge in [0, 0.05) is 43.5 Å². The molecule has 3 rings (SSSR count). The van der Waals surface area contributed by atoms with E-state index in [4.69, 9.17) is 9.47 Å². The Morgan fingerprint density at radius 3 is 2.59 bits per heavy atom. The standard InChI is InChI=1S/C20H24BrN3O3/c1-2-26-13-14-27-18-6-4-3-5-17(18)20(25)24-11-9-23(10-12-24)19-8-7-16(21)15-22-19/h3-8,15H,2,9-14H2,1H3. The first kappa shape index (κ1) is 19.6. The highest BCUT2D eigenvalue weighted by Gasteiger charge is 2.24.